The molecule has 0 atom stereocenters. The summed E-state index contributed by atoms with van der Waals surface area (Å²) >= 11 is 5.82. The molecule has 138 valence electrons. The van der Waals surface area contributed by atoms with Crippen LogP contribution in [0.4, 0.5) is 5.69 Å². The minimum Gasteiger partial charge on any atom is -0.545 e. The quantitative estimate of drug-likeness (QED) is 0.703. The van der Waals surface area contributed by atoms with E-state index in [-0.39, 0.29) is 16.1 Å². The molecule has 0 bridgehead atoms. The lowest BCUT2D eigenvalue weighted by atomic mass is 10.1. The lowest BCUT2D eigenvalue weighted by Crippen LogP contribution is -2.22. The molecule has 0 aliphatic carbocycles. The molecule has 0 fully saturated rings. The van der Waals surface area contributed by atoms with E-state index in [1.165, 1.54) is 23.0 Å². The fourth-order valence-corrected chi connectivity index (χ4v) is 2.84. The summed E-state index contributed by atoms with van der Waals surface area (Å²) in [7, 11) is 0. The number of hydrogen-bond donors (Lipinski definition) is 1. The van der Waals surface area contributed by atoms with Crippen LogP contribution in [0.15, 0.2) is 46.2 Å². The monoisotopic (exact) mass is 382 g/mol. The van der Waals surface area contributed by atoms with Crippen molar-refractivity contribution in [2.45, 2.75) is 20.8 Å². The van der Waals surface area contributed by atoms with Crippen molar-refractivity contribution in [2.75, 3.05) is 0 Å². The van der Waals surface area contributed by atoms with Crippen molar-refractivity contribution < 1.29 is 9.90 Å². The maximum absolute atomic E-state index is 12.8. The normalized spacial score (nSPS) is 11.3. The number of aryl methyl sites for hydroxylation is 3. The van der Waals surface area contributed by atoms with Crippen LogP contribution in [0.1, 0.15) is 32.7 Å². The van der Waals surface area contributed by atoms with Crippen LogP contribution < -0.4 is 10.7 Å². The number of carboxylic acids is 1. The highest BCUT2D eigenvalue weighted by Crippen LogP contribution is 2.22. The standard InChI is InChI=1S/C20H18ClN3O3/c1-11-4-6-15(8-12(11)2)24-19(25)17(13(3)23-24)10-22-14-5-7-18(21)16(9-14)20(26)27/h4-10,23H,1-3H3,(H,26,27)/p-1. The molecule has 0 saturated carbocycles. The first-order valence-electron chi connectivity index (χ1n) is 8.22. The van der Waals surface area contributed by atoms with Gasteiger partial charge in [0, 0.05) is 22.5 Å². The molecule has 0 saturated heterocycles. The number of carboxylic acid groups (broad SMARTS) is 1. The molecule has 3 aromatic rings. The number of nitrogens with zero attached hydrogens (tertiary/aromatic N) is 2. The second-order valence-electron chi connectivity index (χ2n) is 6.27. The average Bonchev–Trinajstić information content (AvgIpc) is 2.90. The van der Waals surface area contributed by atoms with Crippen LogP contribution in [0.2, 0.25) is 5.02 Å². The van der Waals surface area contributed by atoms with Crippen LogP contribution in [-0.4, -0.2) is 22.0 Å². The van der Waals surface area contributed by atoms with E-state index in [4.69, 9.17) is 11.6 Å². The molecule has 1 aromatic heterocycles. The summed E-state index contributed by atoms with van der Waals surface area (Å²) in [6, 6.07) is 10.0. The van der Waals surface area contributed by atoms with E-state index in [0.29, 0.717) is 16.9 Å². The van der Waals surface area contributed by atoms with Gasteiger partial charge in [-0.1, -0.05) is 17.7 Å². The van der Waals surface area contributed by atoms with Crippen LogP contribution in [0.25, 0.3) is 5.69 Å². The molecule has 3 rings (SSSR count). The first-order valence-corrected chi connectivity index (χ1v) is 8.60. The van der Waals surface area contributed by atoms with Crippen LogP contribution in [0.5, 0.6) is 0 Å². The first-order chi connectivity index (χ1) is 12.8. The number of aromatic carboxylic acids is 1. The van der Waals surface area contributed by atoms with Gasteiger partial charge in [-0.25, -0.2) is 4.68 Å². The fourth-order valence-electron chi connectivity index (χ4n) is 2.65. The highest BCUT2D eigenvalue weighted by atomic mass is 35.5. The number of carbonyl (C=O) groups is 1. The molecule has 1 N–H and O–H groups in total. The number of carbonyl (C=O) groups excluding carboxylic acids is 1. The molecule has 6 nitrogen and oxygen atoms in total. The Balaban J connectivity index is 1.99. The van der Waals surface area contributed by atoms with Crippen LogP contribution in [0.3, 0.4) is 0 Å². The number of aromatic amines is 1. The van der Waals surface area contributed by atoms with Crippen molar-refractivity contribution >= 4 is 29.5 Å². The van der Waals surface area contributed by atoms with Gasteiger partial charge in [-0.2, -0.15) is 0 Å². The van der Waals surface area contributed by atoms with Crippen molar-refractivity contribution in [1.29, 1.82) is 0 Å². The minimum absolute atomic E-state index is 0.0730. The second kappa shape index (κ2) is 7.25. The Bertz CT molecular complexity index is 1130. The Morgan fingerprint density at radius 2 is 1.89 bits per heavy atom. The van der Waals surface area contributed by atoms with E-state index in [1.54, 1.807) is 13.0 Å². The van der Waals surface area contributed by atoms with Gasteiger partial charge >= 0.3 is 0 Å². The minimum atomic E-state index is -1.38. The third-order valence-corrected chi connectivity index (χ3v) is 4.71. The zero-order valence-electron chi connectivity index (χ0n) is 15.0. The van der Waals surface area contributed by atoms with Gasteiger partial charge in [-0.3, -0.25) is 14.9 Å². The number of halogens is 1. The molecule has 0 radical (unpaired) electrons. The maximum Gasteiger partial charge on any atom is 0.280 e. The van der Waals surface area contributed by atoms with Gasteiger partial charge in [0.15, 0.2) is 0 Å². The van der Waals surface area contributed by atoms with Crippen LogP contribution in [0, 0.1) is 20.8 Å². The van der Waals surface area contributed by atoms with E-state index >= 15 is 0 Å². The molecule has 0 aliphatic heterocycles. The third-order valence-electron chi connectivity index (χ3n) is 4.38. The predicted octanol–water partition coefficient (Wildman–Crippen LogP) is 2.86. The van der Waals surface area contributed by atoms with Crippen molar-refractivity contribution in [3.63, 3.8) is 0 Å². The van der Waals surface area contributed by atoms with Gasteiger partial charge in [-0.05, 0) is 62.2 Å². The summed E-state index contributed by atoms with van der Waals surface area (Å²) in [5.74, 6) is -1.38. The van der Waals surface area contributed by atoms with Crippen molar-refractivity contribution in [3.05, 3.63) is 79.7 Å². The Morgan fingerprint density at radius 3 is 2.56 bits per heavy atom. The molecular formula is C20H17ClN3O3-. The summed E-state index contributed by atoms with van der Waals surface area (Å²) < 4.78 is 1.46. The molecule has 0 unspecified atom stereocenters. The van der Waals surface area contributed by atoms with E-state index in [9.17, 15) is 14.7 Å². The van der Waals surface area contributed by atoms with Gasteiger partial charge in [0.1, 0.15) is 0 Å². The zero-order valence-corrected chi connectivity index (χ0v) is 15.8. The maximum atomic E-state index is 12.8. The van der Waals surface area contributed by atoms with Crippen molar-refractivity contribution in [3.8, 4) is 5.69 Å². The van der Waals surface area contributed by atoms with E-state index in [2.05, 4.69) is 10.1 Å². The molecule has 0 aliphatic rings. The lowest BCUT2D eigenvalue weighted by Gasteiger charge is -2.05. The summed E-state index contributed by atoms with van der Waals surface area (Å²) in [6.07, 6.45) is 1.41. The predicted molar refractivity (Wildman–Crippen MR) is 104 cm³/mol. The number of hydrogen-bond acceptors (Lipinski definition) is 4. The Morgan fingerprint density at radius 1 is 1.15 bits per heavy atom. The Hall–Kier alpha value is -3.12. The first kappa shape index (κ1) is 18.7. The van der Waals surface area contributed by atoms with Crippen molar-refractivity contribution in [1.82, 2.24) is 9.78 Å². The lowest BCUT2D eigenvalue weighted by molar-refractivity contribution is -0.255. The van der Waals surface area contributed by atoms with E-state index in [0.717, 1.165) is 16.8 Å². The number of benzene rings is 2. The molecular weight excluding hydrogens is 366 g/mol. The van der Waals surface area contributed by atoms with Crippen LogP contribution in [-0.2, 0) is 0 Å². The number of aromatic nitrogens is 2. The average molecular weight is 383 g/mol. The summed E-state index contributed by atoms with van der Waals surface area (Å²) in [4.78, 5) is 28.0. The fraction of sp³-hybridized carbons (Fsp3) is 0.150. The molecule has 27 heavy (non-hydrogen) atoms. The van der Waals surface area contributed by atoms with Gasteiger partial charge in [0.05, 0.1) is 22.9 Å². The topological polar surface area (TPSA) is 90.3 Å². The second-order valence-corrected chi connectivity index (χ2v) is 6.68. The van der Waals surface area contributed by atoms with E-state index < -0.39 is 5.97 Å². The zero-order chi connectivity index (χ0) is 19.7. The van der Waals surface area contributed by atoms with E-state index in [1.807, 2.05) is 32.0 Å². The third kappa shape index (κ3) is 3.71. The summed E-state index contributed by atoms with van der Waals surface area (Å²) in [5.41, 5.74) is 3.96. The number of aliphatic imine (C=N–C) groups is 1. The van der Waals surface area contributed by atoms with Crippen LogP contribution >= 0.6 is 11.6 Å². The SMILES string of the molecule is Cc1ccc(-n2[nH]c(C)c(C=Nc3ccc(Cl)c(C(=O)[O-])c3)c2=O)cc1C. The molecule has 0 amide bonds. The van der Waals surface area contributed by atoms with Crippen molar-refractivity contribution in [2.24, 2.45) is 4.99 Å². The number of nitrogens with one attached hydrogen (secondary N) is 1. The Kier molecular flexibility index (Phi) is 5.01. The van der Waals surface area contributed by atoms with Gasteiger partial charge < -0.3 is 9.90 Å². The molecule has 7 heteroatoms. The number of H-pyrrole nitrogens is 1. The van der Waals surface area contributed by atoms with Gasteiger partial charge in [0.25, 0.3) is 5.56 Å². The largest absolute Gasteiger partial charge is 0.545 e. The van der Waals surface area contributed by atoms with Gasteiger partial charge in [0.2, 0.25) is 0 Å². The Labute approximate surface area is 160 Å². The summed E-state index contributed by atoms with van der Waals surface area (Å²) in [6.45, 7) is 5.76. The van der Waals surface area contributed by atoms with Gasteiger partial charge in [-0.15, -0.1) is 0 Å². The summed E-state index contributed by atoms with van der Waals surface area (Å²) in [5, 5.41) is 14.2. The number of rotatable bonds is 4. The molecule has 2 aromatic carbocycles. The molecule has 0 spiro atoms. The highest BCUT2D eigenvalue weighted by Gasteiger charge is 2.11. The molecule has 1 heterocycles. The highest BCUT2D eigenvalue weighted by molar-refractivity contribution is 6.33. The smallest absolute Gasteiger partial charge is 0.280 e.